The van der Waals surface area contributed by atoms with Gasteiger partial charge in [0, 0.05) is 30.0 Å². The van der Waals surface area contributed by atoms with Gasteiger partial charge in [0.1, 0.15) is 0 Å². The number of amides is 1. The summed E-state index contributed by atoms with van der Waals surface area (Å²) in [6, 6.07) is 7.87. The molecule has 4 nitrogen and oxygen atoms in total. The summed E-state index contributed by atoms with van der Waals surface area (Å²) < 4.78 is 5.42. The number of pyridine rings is 1. The zero-order chi connectivity index (χ0) is 14.4. The number of carbonyl (C=O) groups excluding carboxylic acids is 1. The van der Waals surface area contributed by atoms with Crippen LogP contribution in [0.3, 0.4) is 0 Å². The van der Waals surface area contributed by atoms with Crippen molar-refractivity contribution in [3.05, 3.63) is 36.7 Å². The minimum atomic E-state index is -0.00416. The Labute approximate surface area is 119 Å². The highest BCUT2D eigenvalue weighted by molar-refractivity contribution is 6.01. The molecule has 1 aromatic heterocycles. The number of nitrogens with zero attached hydrogens (tertiary/aromatic N) is 1. The van der Waals surface area contributed by atoms with Crippen LogP contribution in [-0.2, 0) is 9.53 Å². The van der Waals surface area contributed by atoms with E-state index in [1.807, 2.05) is 38.1 Å². The fourth-order valence-electron chi connectivity index (χ4n) is 1.98. The van der Waals surface area contributed by atoms with E-state index in [1.165, 1.54) is 0 Å². The number of carbonyl (C=O) groups is 1. The van der Waals surface area contributed by atoms with E-state index >= 15 is 0 Å². The maximum Gasteiger partial charge on any atom is 0.224 e. The van der Waals surface area contributed by atoms with Crippen molar-refractivity contribution < 1.29 is 9.53 Å². The van der Waals surface area contributed by atoms with Gasteiger partial charge in [-0.3, -0.25) is 9.78 Å². The van der Waals surface area contributed by atoms with Crippen LogP contribution in [0.4, 0.5) is 5.69 Å². The molecule has 0 unspecified atom stereocenters. The fraction of sp³-hybridized carbons (Fsp3) is 0.375. The lowest BCUT2D eigenvalue weighted by atomic mass is 10.1. The number of ether oxygens (including phenoxy) is 1. The van der Waals surface area contributed by atoms with Gasteiger partial charge in [0.2, 0.25) is 5.91 Å². The second kappa shape index (κ2) is 7.01. The number of nitrogens with one attached hydrogen (secondary N) is 1. The third-order valence-electron chi connectivity index (χ3n) is 2.94. The Morgan fingerprint density at radius 2 is 2.10 bits per heavy atom. The predicted molar refractivity (Wildman–Crippen MR) is 80.7 cm³/mol. The smallest absolute Gasteiger partial charge is 0.224 e. The molecule has 0 aliphatic rings. The maximum atomic E-state index is 11.9. The van der Waals surface area contributed by atoms with Crippen LogP contribution < -0.4 is 5.32 Å². The highest BCUT2D eigenvalue weighted by Gasteiger charge is 2.06. The normalized spacial score (nSPS) is 10.9. The van der Waals surface area contributed by atoms with Gasteiger partial charge in [-0.25, -0.2) is 0 Å². The molecule has 20 heavy (non-hydrogen) atoms. The lowest BCUT2D eigenvalue weighted by Crippen LogP contribution is -2.13. The van der Waals surface area contributed by atoms with Crippen molar-refractivity contribution in [3.8, 4) is 0 Å². The van der Waals surface area contributed by atoms with E-state index in [-0.39, 0.29) is 12.0 Å². The van der Waals surface area contributed by atoms with Gasteiger partial charge in [-0.15, -0.1) is 0 Å². The molecule has 0 saturated heterocycles. The summed E-state index contributed by atoms with van der Waals surface area (Å²) in [5, 5.41) is 4.95. The molecule has 2 aromatic rings. The van der Waals surface area contributed by atoms with Gasteiger partial charge in [-0.1, -0.05) is 24.3 Å². The van der Waals surface area contributed by atoms with Crippen molar-refractivity contribution in [3.63, 3.8) is 0 Å². The average Bonchev–Trinajstić information content (AvgIpc) is 2.44. The van der Waals surface area contributed by atoms with Crippen LogP contribution in [0.25, 0.3) is 10.8 Å². The minimum Gasteiger partial charge on any atom is -0.379 e. The maximum absolute atomic E-state index is 11.9. The molecule has 1 heterocycles. The summed E-state index contributed by atoms with van der Waals surface area (Å²) in [6.07, 6.45) is 4.87. The van der Waals surface area contributed by atoms with Gasteiger partial charge in [0.15, 0.2) is 0 Å². The van der Waals surface area contributed by atoms with Crippen molar-refractivity contribution in [2.75, 3.05) is 11.9 Å². The van der Waals surface area contributed by atoms with Gasteiger partial charge >= 0.3 is 0 Å². The number of fused-ring (bicyclic) bond motifs is 1. The Bertz CT molecular complexity index is 576. The first-order valence-corrected chi connectivity index (χ1v) is 6.91. The summed E-state index contributed by atoms with van der Waals surface area (Å²) in [5.74, 6) is -0.00416. The molecule has 0 saturated carbocycles. The fourth-order valence-corrected chi connectivity index (χ4v) is 1.98. The Morgan fingerprint density at radius 3 is 2.90 bits per heavy atom. The van der Waals surface area contributed by atoms with E-state index in [0.29, 0.717) is 13.0 Å². The molecule has 0 bridgehead atoms. The standard InChI is InChI=1S/C16H20N2O2/c1-12(2)20-9-5-8-16(19)18-15-11-17-10-13-6-3-4-7-14(13)15/h3-4,6-7,10-12H,5,8-9H2,1-2H3,(H,18,19). The first kappa shape index (κ1) is 14.5. The van der Waals surface area contributed by atoms with Gasteiger partial charge in [0.25, 0.3) is 0 Å². The zero-order valence-electron chi connectivity index (χ0n) is 11.9. The van der Waals surface area contributed by atoms with Gasteiger partial charge in [-0.2, -0.15) is 0 Å². The number of hydrogen-bond acceptors (Lipinski definition) is 3. The van der Waals surface area contributed by atoms with Gasteiger partial charge < -0.3 is 10.1 Å². The van der Waals surface area contributed by atoms with Crippen molar-refractivity contribution in [2.24, 2.45) is 0 Å². The molecule has 0 atom stereocenters. The lowest BCUT2D eigenvalue weighted by molar-refractivity contribution is -0.116. The number of benzene rings is 1. The molecule has 106 valence electrons. The van der Waals surface area contributed by atoms with Crippen molar-refractivity contribution >= 4 is 22.4 Å². The Kier molecular flexibility index (Phi) is 5.07. The quantitative estimate of drug-likeness (QED) is 0.820. The Morgan fingerprint density at radius 1 is 1.30 bits per heavy atom. The van der Waals surface area contributed by atoms with E-state index in [4.69, 9.17) is 4.74 Å². The van der Waals surface area contributed by atoms with Crippen molar-refractivity contribution in [1.82, 2.24) is 4.98 Å². The number of aromatic nitrogens is 1. The molecule has 0 aliphatic heterocycles. The molecule has 0 spiro atoms. The van der Waals surface area contributed by atoms with E-state index in [2.05, 4.69) is 10.3 Å². The van der Waals surface area contributed by atoms with Crippen molar-refractivity contribution in [1.29, 1.82) is 0 Å². The SMILES string of the molecule is CC(C)OCCCC(=O)Nc1cncc2ccccc12. The Balaban J connectivity index is 1.93. The predicted octanol–water partition coefficient (Wildman–Crippen LogP) is 3.38. The van der Waals surface area contributed by atoms with Gasteiger partial charge in [-0.05, 0) is 20.3 Å². The third kappa shape index (κ3) is 4.03. The Hall–Kier alpha value is -1.94. The summed E-state index contributed by atoms with van der Waals surface area (Å²) in [4.78, 5) is 16.1. The van der Waals surface area contributed by atoms with Crippen LogP contribution in [0, 0.1) is 0 Å². The summed E-state index contributed by atoms with van der Waals surface area (Å²) in [5.41, 5.74) is 0.762. The first-order chi connectivity index (χ1) is 9.66. The second-order valence-corrected chi connectivity index (χ2v) is 4.98. The number of rotatable bonds is 6. The van der Waals surface area contributed by atoms with Gasteiger partial charge in [0.05, 0.1) is 18.0 Å². The molecule has 4 heteroatoms. The average molecular weight is 272 g/mol. The molecule has 1 N–H and O–H groups in total. The van der Waals surface area contributed by atoms with E-state index in [1.54, 1.807) is 12.4 Å². The second-order valence-electron chi connectivity index (χ2n) is 4.98. The van der Waals surface area contributed by atoms with E-state index in [9.17, 15) is 4.79 Å². The molecule has 2 rings (SSSR count). The highest BCUT2D eigenvalue weighted by atomic mass is 16.5. The molecule has 1 amide bonds. The van der Waals surface area contributed by atoms with Crippen LogP contribution >= 0.6 is 0 Å². The van der Waals surface area contributed by atoms with Crippen LogP contribution in [0.5, 0.6) is 0 Å². The van der Waals surface area contributed by atoms with Crippen LogP contribution in [0.15, 0.2) is 36.7 Å². The molecule has 0 radical (unpaired) electrons. The number of hydrogen-bond donors (Lipinski definition) is 1. The van der Waals surface area contributed by atoms with Crippen molar-refractivity contribution in [2.45, 2.75) is 32.8 Å². The molecule has 0 fully saturated rings. The summed E-state index contributed by atoms with van der Waals surface area (Å²) in [7, 11) is 0. The summed E-state index contributed by atoms with van der Waals surface area (Å²) >= 11 is 0. The van der Waals surface area contributed by atoms with Crippen LogP contribution in [-0.4, -0.2) is 23.6 Å². The lowest BCUT2D eigenvalue weighted by Gasteiger charge is -2.09. The number of anilines is 1. The monoisotopic (exact) mass is 272 g/mol. The third-order valence-corrected chi connectivity index (χ3v) is 2.94. The summed E-state index contributed by atoms with van der Waals surface area (Å²) in [6.45, 7) is 4.59. The molecule has 1 aromatic carbocycles. The minimum absolute atomic E-state index is 0.00416. The molecular formula is C16H20N2O2. The van der Waals surface area contributed by atoms with Crippen LogP contribution in [0.2, 0.25) is 0 Å². The zero-order valence-corrected chi connectivity index (χ0v) is 11.9. The van der Waals surface area contributed by atoms with Crippen LogP contribution in [0.1, 0.15) is 26.7 Å². The molecule has 0 aliphatic carbocycles. The van der Waals surface area contributed by atoms with E-state index < -0.39 is 0 Å². The highest BCUT2D eigenvalue weighted by Crippen LogP contribution is 2.21. The largest absolute Gasteiger partial charge is 0.379 e. The molecular weight excluding hydrogens is 252 g/mol. The van der Waals surface area contributed by atoms with E-state index in [0.717, 1.165) is 22.9 Å². The first-order valence-electron chi connectivity index (χ1n) is 6.91. The topological polar surface area (TPSA) is 51.2 Å².